The summed E-state index contributed by atoms with van der Waals surface area (Å²) in [6.45, 7) is 3.65. The van der Waals surface area contributed by atoms with Crippen molar-refractivity contribution >= 4 is 5.91 Å². The highest BCUT2D eigenvalue weighted by molar-refractivity contribution is 5.81. The maximum absolute atomic E-state index is 12.4. The minimum absolute atomic E-state index is 0.0426. The van der Waals surface area contributed by atoms with Gasteiger partial charge in [-0.25, -0.2) is 0 Å². The Bertz CT molecular complexity index is 542. The van der Waals surface area contributed by atoms with Gasteiger partial charge in [0.05, 0.1) is 13.2 Å². The van der Waals surface area contributed by atoms with E-state index in [9.17, 15) is 10.1 Å². The van der Waals surface area contributed by atoms with Crippen LogP contribution in [0.15, 0.2) is 18.2 Å². The molecule has 1 amide bonds. The molecule has 21 heavy (non-hydrogen) atoms. The van der Waals surface area contributed by atoms with Gasteiger partial charge in [0.25, 0.3) is 0 Å². The van der Waals surface area contributed by atoms with Crippen molar-refractivity contribution in [2.24, 2.45) is 5.92 Å². The van der Waals surface area contributed by atoms with E-state index in [0.29, 0.717) is 6.42 Å². The first kappa shape index (κ1) is 15.4. The molecule has 1 saturated heterocycles. The minimum Gasteiger partial charge on any atom is -0.496 e. The largest absolute Gasteiger partial charge is 0.496 e. The number of hydrogen-bond donors (Lipinski definition) is 0. The highest BCUT2D eigenvalue weighted by atomic mass is 16.5. The van der Waals surface area contributed by atoms with Crippen LogP contribution < -0.4 is 4.74 Å². The summed E-state index contributed by atoms with van der Waals surface area (Å²) in [5.74, 6) is 0.0877. The van der Waals surface area contributed by atoms with Gasteiger partial charge in [0.1, 0.15) is 11.7 Å². The fourth-order valence-electron chi connectivity index (χ4n) is 2.78. The van der Waals surface area contributed by atoms with Crippen molar-refractivity contribution in [1.29, 1.82) is 5.26 Å². The normalized spacial score (nSPS) is 15.6. The Labute approximate surface area is 126 Å². The maximum atomic E-state index is 12.4. The van der Waals surface area contributed by atoms with Gasteiger partial charge in [0, 0.05) is 19.5 Å². The van der Waals surface area contributed by atoms with Crippen molar-refractivity contribution in [2.75, 3.05) is 20.2 Å². The van der Waals surface area contributed by atoms with Crippen LogP contribution in [0, 0.1) is 17.2 Å². The number of rotatable bonds is 5. The van der Waals surface area contributed by atoms with Crippen molar-refractivity contribution in [3.8, 4) is 11.8 Å². The molecule has 0 radical (unpaired) electrons. The smallest absolute Gasteiger partial charge is 0.240 e. The predicted molar refractivity (Wildman–Crippen MR) is 81.0 cm³/mol. The number of ether oxygens (including phenoxy) is 1. The van der Waals surface area contributed by atoms with E-state index in [4.69, 9.17) is 4.74 Å². The van der Waals surface area contributed by atoms with Gasteiger partial charge in [-0.1, -0.05) is 19.1 Å². The summed E-state index contributed by atoms with van der Waals surface area (Å²) >= 11 is 0. The number of benzene rings is 1. The molecule has 0 N–H and O–H groups in total. The SMILES string of the molecule is CCc1ccc(OC)c(CC(C#N)C(=O)N2CCCC2)c1. The number of aryl methyl sites for hydroxylation is 1. The second-order valence-corrected chi connectivity index (χ2v) is 5.42. The lowest BCUT2D eigenvalue weighted by Gasteiger charge is -2.19. The van der Waals surface area contributed by atoms with Gasteiger partial charge >= 0.3 is 0 Å². The Kier molecular flexibility index (Phi) is 5.21. The molecule has 1 aromatic rings. The predicted octanol–water partition coefficient (Wildman–Crippen LogP) is 2.56. The first-order valence-electron chi connectivity index (χ1n) is 7.53. The van der Waals surface area contributed by atoms with E-state index < -0.39 is 5.92 Å². The lowest BCUT2D eigenvalue weighted by molar-refractivity contribution is -0.132. The highest BCUT2D eigenvalue weighted by Gasteiger charge is 2.27. The molecule has 2 rings (SSSR count). The first-order valence-corrected chi connectivity index (χ1v) is 7.53. The van der Waals surface area contributed by atoms with Crippen LogP contribution in [0.2, 0.25) is 0 Å². The third-order valence-electron chi connectivity index (χ3n) is 4.05. The third kappa shape index (κ3) is 3.55. The van der Waals surface area contributed by atoms with Crippen molar-refractivity contribution in [2.45, 2.75) is 32.6 Å². The first-order chi connectivity index (χ1) is 10.2. The molecule has 112 valence electrons. The van der Waals surface area contributed by atoms with E-state index >= 15 is 0 Å². The van der Waals surface area contributed by atoms with E-state index in [1.165, 1.54) is 5.56 Å². The zero-order valence-electron chi connectivity index (χ0n) is 12.8. The van der Waals surface area contributed by atoms with Crippen molar-refractivity contribution in [3.05, 3.63) is 29.3 Å². The second kappa shape index (κ2) is 7.12. The topological polar surface area (TPSA) is 53.3 Å². The van der Waals surface area contributed by atoms with E-state index in [0.717, 1.165) is 43.7 Å². The highest BCUT2D eigenvalue weighted by Crippen LogP contribution is 2.24. The summed E-state index contributed by atoms with van der Waals surface area (Å²) < 4.78 is 5.36. The lowest BCUT2D eigenvalue weighted by Crippen LogP contribution is -2.34. The van der Waals surface area contributed by atoms with Gasteiger partial charge in [-0.3, -0.25) is 4.79 Å². The van der Waals surface area contributed by atoms with Crippen LogP contribution in [-0.2, 0) is 17.6 Å². The molecule has 1 aliphatic heterocycles. The quantitative estimate of drug-likeness (QED) is 0.836. The third-order valence-corrected chi connectivity index (χ3v) is 4.05. The van der Waals surface area contributed by atoms with Gasteiger partial charge in [0.2, 0.25) is 5.91 Å². The summed E-state index contributed by atoms with van der Waals surface area (Å²) in [5, 5.41) is 9.37. The molecule has 1 unspecified atom stereocenters. The molecule has 0 aromatic heterocycles. The maximum Gasteiger partial charge on any atom is 0.240 e. The van der Waals surface area contributed by atoms with Gasteiger partial charge in [-0.05, 0) is 36.5 Å². The molecule has 0 bridgehead atoms. The van der Waals surface area contributed by atoms with Gasteiger partial charge in [0.15, 0.2) is 0 Å². The fourth-order valence-corrected chi connectivity index (χ4v) is 2.78. The number of nitriles is 1. The Morgan fingerprint density at radius 3 is 2.71 bits per heavy atom. The standard InChI is InChI=1S/C17H22N2O2/c1-3-13-6-7-16(21-2)14(10-13)11-15(12-18)17(20)19-8-4-5-9-19/h6-7,10,15H,3-5,8-9,11H2,1-2H3. The van der Waals surface area contributed by atoms with Crippen LogP contribution in [0.1, 0.15) is 30.9 Å². The number of methoxy groups -OCH3 is 1. The van der Waals surface area contributed by atoms with Crippen LogP contribution >= 0.6 is 0 Å². The zero-order valence-corrected chi connectivity index (χ0v) is 12.8. The van der Waals surface area contributed by atoms with Crippen LogP contribution in [-0.4, -0.2) is 31.0 Å². The van der Waals surface area contributed by atoms with E-state index in [-0.39, 0.29) is 5.91 Å². The summed E-state index contributed by atoms with van der Waals surface area (Å²) in [7, 11) is 1.62. The number of hydrogen-bond acceptors (Lipinski definition) is 3. The van der Waals surface area contributed by atoms with Crippen LogP contribution in [0.5, 0.6) is 5.75 Å². The number of amides is 1. The van der Waals surface area contributed by atoms with Gasteiger partial charge in [-0.2, -0.15) is 5.26 Å². The molecular weight excluding hydrogens is 264 g/mol. The Morgan fingerprint density at radius 2 is 2.14 bits per heavy atom. The average molecular weight is 286 g/mol. The molecule has 4 heteroatoms. The minimum atomic E-state index is -0.621. The molecule has 1 atom stereocenters. The summed E-state index contributed by atoms with van der Waals surface area (Å²) in [6, 6.07) is 8.15. The monoisotopic (exact) mass is 286 g/mol. The average Bonchev–Trinajstić information content (AvgIpc) is 3.06. The van der Waals surface area contributed by atoms with Crippen molar-refractivity contribution < 1.29 is 9.53 Å². The van der Waals surface area contributed by atoms with E-state index in [2.05, 4.69) is 13.0 Å². The molecule has 1 fully saturated rings. The van der Waals surface area contributed by atoms with Gasteiger partial charge < -0.3 is 9.64 Å². The molecule has 1 aromatic carbocycles. The lowest BCUT2D eigenvalue weighted by atomic mass is 9.96. The summed E-state index contributed by atoms with van der Waals surface area (Å²) in [6.07, 6.45) is 3.42. The van der Waals surface area contributed by atoms with Crippen LogP contribution in [0.3, 0.4) is 0 Å². The van der Waals surface area contributed by atoms with E-state index in [1.807, 2.05) is 23.1 Å². The van der Waals surface area contributed by atoms with Crippen molar-refractivity contribution in [1.82, 2.24) is 4.90 Å². The molecule has 0 saturated carbocycles. The van der Waals surface area contributed by atoms with E-state index in [1.54, 1.807) is 7.11 Å². The molecular formula is C17H22N2O2. The molecule has 1 heterocycles. The van der Waals surface area contributed by atoms with Gasteiger partial charge in [-0.15, -0.1) is 0 Å². The Balaban J connectivity index is 2.17. The Morgan fingerprint density at radius 1 is 1.43 bits per heavy atom. The number of carbonyl (C=O) groups is 1. The number of nitrogens with zero attached hydrogens (tertiary/aromatic N) is 2. The number of likely N-dealkylation sites (tertiary alicyclic amines) is 1. The van der Waals surface area contributed by atoms with Crippen LogP contribution in [0.25, 0.3) is 0 Å². The number of carbonyl (C=O) groups excluding carboxylic acids is 1. The molecule has 1 aliphatic rings. The molecule has 4 nitrogen and oxygen atoms in total. The van der Waals surface area contributed by atoms with Crippen molar-refractivity contribution in [3.63, 3.8) is 0 Å². The summed E-state index contributed by atoms with van der Waals surface area (Å²) in [4.78, 5) is 14.2. The molecule has 0 spiro atoms. The second-order valence-electron chi connectivity index (χ2n) is 5.42. The fraction of sp³-hybridized carbons (Fsp3) is 0.529. The zero-order chi connectivity index (χ0) is 15.2. The molecule has 0 aliphatic carbocycles. The Hall–Kier alpha value is -2.02. The van der Waals surface area contributed by atoms with Crippen LogP contribution in [0.4, 0.5) is 0 Å². The summed E-state index contributed by atoms with van der Waals surface area (Å²) in [5.41, 5.74) is 2.13.